The van der Waals surface area contributed by atoms with Crippen LogP contribution in [0.3, 0.4) is 0 Å². The van der Waals surface area contributed by atoms with Crippen LogP contribution >= 0.6 is 0 Å². The van der Waals surface area contributed by atoms with E-state index in [-0.39, 0.29) is 12.3 Å². The number of carbonyl (C=O) groups is 2. The quantitative estimate of drug-likeness (QED) is 0.705. The van der Waals surface area contributed by atoms with Crippen molar-refractivity contribution in [1.29, 1.82) is 0 Å². The molecule has 1 rings (SSSR count). The fraction of sp³-hybridized carbons (Fsp3) is 0.429. The van der Waals surface area contributed by atoms with Crippen LogP contribution < -0.4 is 5.32 Å². The fourth-order valence-electron chi connectivity index (χ4n) is 1.52. The van der Waals surface area contributed by atoms with E-state index in [0.29, 0.717) is 30.9 Å². The summed E-state index contributed by atoms with van der Waals surface area (Å²) in [5.41, 5.74) is 1.37. The minimum absolute atomic E-state index is 0.0148. The Kier molecular flexibility index (Phi) is 6.60. The zero-order valence-electron chi connectivity index (χ0n) is 11.0. The number of carboxylic acid groups (broad SMARTS) is 1. The molecule has 5 heteroatoms. The number of amides is 1. The van der Waals surface area contributed by atoms with E-state index in [2.05, 4.69) is 5.32 Å². The largest absolute Gasteiger partial charge is 0.481 e. The van der Waals surface area contributed by atoms with E-state index in [4.69, 9.17) is 9.84 Å². The van der Waals surface area contributed by atoms with E-state index in [9.17, 15) is 9.59 Å². The number of aliphatic carboxylic acids is 1. The first-order valence-corrected chi connectivity index (χ1v) is 6.30. The molecule has 0 bridgehead atoms. The first-order chi connectivity index (χ1) is 9.11. The number of hydrogen-bond acceptors (Lipinski definition) is 3. The van der Waals surface area contributed by atoms with Crippen molar-refractivity contribution in [3.05, 3.63) is 29.8 Å². The molecule has 1 aromatic carbocycles. The Balaban J connectivity index is 2.36. The van der Waals surface area contributed by atoms with Gasteiger partial charge in [-0.15, -0.1) is 0 Å². The predicted octanol–water partition coefficient (Wildman–Crippen LogP) is 2.07. The molecule has 2 N–H and O–H groups in total. The molecular weight excluding hydrogens is 246 g/mol. The first-order valence-electron chi connectivity index (χ1n) is 6.30. The topological polar surface area (TPSA) is 75.6 Å². The van der Waals surface area contributed by atoms with E-state index in [1.165, 1.54) is 0 Å². The average Bonchev–Trinajstić information content (AvgIpc) is 2.36. The summed E-state index contributed by atoms with van der Waals surface area (Å²) in [5, 5.41) is 11.4. The van der Waals surface area contributed by atoms with Gasteiger partial charge in [0, 0.05) is 12.3 Å². The van der Waals surface area contributed by atoms with Gasteiger partial charge in [-0.2, -0.15) is 0 Å². The minimum atomic E-state index is -0.871. The van der Waals surface area contributed by atoms with Gasteiger partial charge >= 0.3 is 5.97 Å². The standard InChI is InChI=1S/C14H19NO4/c1-2-8-19-9-7-13(16)15-12-5-3-11(4-6-12)10-14(17)18/h3-6H,2,7-10H2,1H3,(H,15,16)(H,17,18). The molecule has 104 valence electrons. The molecule has 0 aromatic heterocycles. The number of anilines is 1. The van der Waals surface area contributed by atoms with Gasteiger partial charge in [-0.25, -0.2) is 0 Å². The van der Waals surface area contributed by atoms with Crippen molar-refractivity contribution in [2.75, 3.05) is 18.5 Å². The Bertz CT molecular complexity index is 414. The summed E-state index contributed by atoms with van der Waals surface area (Å²) >= 11 is 0. The van der Waals surface area contributed by atoms with Crippen molar-refractivity contribution in [3.63, 3.8) is 0 Å². The minimum Gasteiger partial charge on any atom is -0.481 e. The molecule has 0 heterocycles. The molecule has 0 aliphatic carbocycles. The molecule has 0 spiro atoms. The number of benzene rings is 1. The summed E-state index contributed by atoms with van der Waals surface area (Å²) in [6, 6.07) is 6.78. The van der Waals surface area contributed by atoms with Crippen LogP contribution in [0.15, 0.2) is 24.3 Å². The summed E-state index contributed by atoms with van der Waals surface area (Å²) in [6.07, 6.45) is 1.24. The van der Waals surface area contributed by atoms with E-state index in [1.54, 1.807) is 24.3 Å². The van der Waals surface area contributed by atoms with Crippen LogP contribution in [0.1, 0.15) is 25.3 Å². The maximum atomic E-state index is 11.6. The second-order valence-electron chi connectivity index (χ2n) is 4.18. The summed E-state index contributed by atoms with van der Waals surface area (Å²) in [4.78, 5) is 22.1. The maximum Gasteiger partial charge on any atom is 0.307 e. The Hall–Kier alpha value is -1.88. The van der Waals surface area contributed by atoms with Crippen LogP contribution in [0.25, 0.3) is 0 Å². The molecule has 0 aliphatic rings. The van der Waals surface area contributed by atoms with Crippen LogP contribution in [-0.2, 0) is 20.7 Å². The summed E-state index contributed by atoms with van der Waals surface area (Å²) in [5.74, 6) is -0.980. The number of ether oxygens (including phenoxy) is 1. The molecule has 1 amide bonds. The summed E-state index contributed by atoms with van der Waals surface area (Å²) < 4.78 is 5.23. The van der Waals surface area contributed by atoms with E-state index >= 15 is 0 Å². The summed E-state index contributed by atoms with van der Waals surface area (Å²) in [7, 11) is 0. The number of carbonyl (C=O) groups excluding carboxylic acids is 1. The highest BCUT2D eigenvalue weighted by Crippen LogP contribution is 2.10. The third-order valence-corrected chi connectivity index (χ3v) is 2.41. The highest BCUT2D eigenvalue weighted by atomic mass is 16.5. The number of hydrogen-bond donors (Lipinski definition) is 2. The Morgan fingerprint density at radius 1 is 1.21 bits per heavy atom. The van der Waals surface area contributed by atoms with Gasteiger partial charge in [0.1, 0.15) is 0 Å². The van der Waals surface area contributed by atoms with Crippen molar-refractivity contribution in [1.82, 2.24) is 0 Å². The molecule has 1 aromatic rings. The molecule has 0 saturated heterocycles. The lowest BCUT2D eigenvalue weighted by Crippen LogP contribution is -2.14. The monoisotopic (exact) mass is 265 g/mol. The normalized spacial score (nSPS) is 10.2. The van der Waals surface area contributed by atoms with E-state index in [1.807, 2.05) is 6.92 Å². The second-order valence-corrected chi connectivity index (χ2v) is 4.18. The molecule has 19 heavy (non-hydrogen) atoms. The summed E-state index contributed by atoms with van der Waals surface area (Å²) in [6.45, 7) is 3.09. The number of nitrogens with one attached hydrogen (secondary N) is 1. The lowest BCUT2D eigenvalue weighted by molar-refractivity contribution is -0.136. The third-order valence-electron chi connectivity index (χ3n) is 2.41. The lowest BCUT2D eigenvalue weighted by Gasteiger charge is -2.06. The van der Waals surface area contributed by atoms with Crippen LogP contribution in [0.2, 0.25) is 0 Å². The predicted molar refractivity (Wildman–Crippen MR) is 72.1 cm³/mol. The van der Waals surface area contributed by atoms with Crippen LogP contribution in [0.4, 0.5) is 5.69 Å². The molecule has 5 nitrogen and oxygen atoms in total. The lowest BCUT2D eigenvalue weighted by atomic mass is 10.1. The molecule has 0 atom stereocenters. The number of rotatable bonds is 8. The Morgan fingerprint density at radius 2 is 1.89 bits per heavy atom. The average molecular weight is 265 g/mol. The van der Waals surface area contributed by atoms with Gasteiger partial charge in [-0.05, 0) is 24.1 Å². The molecule has 0 aliphatic heterocycles. The second kappa shape index (κ2) is 8.26. The van der Waals surface area contributed by atoms with Crippen molar-refractivity contribution in [3.8, 4) is 0 Å². The highest BCUT2D eigenvalue weighted by molar-refractivity contribution is 5.90. The van der Waals surface area contributed by atoms with E-state index in [0.717, 1.165) is 6.42 Å². The van der Waals surface area contributed by atoms with Gasteiger partial charge in [0.25, 0.3) is 0 Å². The third kappa shape index (κ3) is 6.57. The van der Waals surface area contributed by atoms with Gasteiger partial charge in [0.05, 0.1) is 19.4 Å². The van der Waals surface area contributed by atoms with Crippen molar-refractivity contribution in [2.24, 2.45) is 0 Å². The van der Waals surface area contributed by atoms with Gasteiger partial charge in [0.15, 0.2) is 0 Å². The SMILES string of the molecule is CCCOCCC(=O)Nc1ccc(CC(=O)O)cc1. The molecule has 0 fully saturated rings. The zero-order valence-corrected chi connectivity index (χ0v) is 11.0. The fourth-order valence-corrected chi connectivity index (χ4v) is 1.52. The van der Waals surface area contributed by atoms with Gasteiger partial charge in [-0.3, -0.25) is 9.59 Å². The van der Waals surface area contributed by atoms with Crippen molar-refractivity contribution in [2.45, 2.75) is 26.2 Å². The van der Waals surface area contributed by atoms with Crippen molar-refractivity contribution < 1.29 is 19.4 Å². The van der Waals surface area contributed by atoms with Crippen LogP contribution in [0, 0.1) is 0 Å². The smallest absolute Gasteiger partial charge is 0.307 e. The Labute approximate surface area is 112 Å². The zero-order chi connectivity index (χ0) is 14.1. The number of carboxylic acids is 1. The van der Waals surface area contributed by atoms with E-state index < -0.39 is 5.97 Å². The molecule has 0 saturated carbocycles. The molecule has 0 unspecified atom stereocenters. The van der Waals surface area contributed by atoms with Crippen molar-refractivity contribution >= 4 is 17.6 Å². The molecule has 0 radical (unpaired) electrons. The van der Waals surface area contributed by atoms with Gasteiger partial charge in [-0.1, -0.05) is 19.1 Å². The Morgan fingerprint density at radius 3 is 2.47 bits per heavy atom. The molecular formula is C14H19NO4. The first kappa shape index (κ1) is 15.2. The maximum absolute atomic E-state index is 11.6. The van der Waals surface area contributed by atoms with Crippen LogP contribution in [0.5, 0.6) is 0 Å². The van der Waals surface area contributed by atoms with Gasteiger partial charge in [0.2, 0.25) is 5.91 Å². The van der Waals surface area contributed by atoms with Gasteiger partial charge < -0.3 is 15.2 Å². The van der Waals surface area contributed by atoms with Crippen LogP contribution in [-0.4, -0.2) is 30.2 Å². The highest BCUT2D eigenvalue weighted by Gasteiger charge is 2.04.